The van der Waals surface area contributed by atoms with Crippen molar-refractivity contribution in [1.29, 1.82) is 0 Å². The lowest BCUT2D eigenvalue weighted by molar-refractivity contribution is -0.122. The van der Waals surface area contributed by atoms with Gasteiger partial charge in [0.15, 0.2) is 0 Å². The SMILES string of the molecule is COC(=O)c1ccc(N2C(=O)NC(=O)/C(=C\c3cc(Br)ccc3OCc3ccc(C)c(C)c3)C2=O)cc1. The van der Waals surface area contributed by atoms with Crippen LogP contribution >= 0.6 is 15.9 Å². The van der Waals surface area contributed by atoms with Gasteiger partial charge in [0, 0.05) is 10.0 Å². The van der Waals surface area contributed by atoms with E-state index in [1.54, 1.807) is 18.2 Å². The van der Waals surface area contributed by atoms with E-state index in [0.717, 1.165) is 16.0 Å². The second-order valence-electron chi connectivity index (χ2n) is 8.39. The Morgan fingerprint density at radius 3 is 2.38 bits per heavy atom. The highest BCUT2D eigenvalue weighted by Crippen LogP contribution is 2.29. The van der Waals surface area contributed by atoms with Crippen LogP contribution in [-0.2, 0) is 20.9 Å². The minimum Gasteiger partial charge on any atom is -0.488 e. The van der Waals surface area contributed by atoms with Gasteiger partial charge < -0.3 is 9.47 Å². The van der Waals surface area contributed by atoms with Crippen LogP contribution in [0.2, 0.25) is 0 Å². The van der Waals surface area contributed by atoms with Crippen LogP contribution in [0.4, 0.5) is 10.5 Å². The summed E-state index contributed by atoms with van der Waals surface area (Å²) in [7, 11) is 1.25. The number of barbiturate groups is 1. The highest BCUT2D eigenvalue weighted by Gasteiger charge is 2.37. The number of aryl methyl sites for hydroxylation is 2. The van der Waals surface area contributed by atoms with E-state index in [1.807, 2.05) is 32.0 Å². The number of carbonyl (C=O) groups excluding carboxylic acids is 4. The van der Waals surface area contributed by atoms with E-state index in [-0.39, 0.29) is 23.4 Å². The minimum atomic E-state index is -0.890. The maximum atomic E-state index is 13.3. The first-order valence-electron chi connectivity index (χ1n) is 11.3. The summed E-state index contributed by atoms with van der Waals surface area (Å²) >= 11 is 3.41. The zero-order chi connectivity index (χ0) is 26.7. The van der Waals surface area contributed by atoms with E-state index in [2.05, 4.69) is 26.0 Å². The maximum absolute atomic E-state index is 13.3. The van der Waals surface area contributed by atoms with Crippen molar-refractivity contribution in [2.45, 2.75) is 20.5 Å². The molecule has 1 aliphatic rings. The fraction of sp³-hybridized carbons (Fsp3) is 0.143. The van der Waals surface area contributed by atoms with Crippen molar-refractivity contribution in [3.8, 4) is 5.75 Å². The number of imide groups is 2. The van der Waals surface area contributed by atoms with Crippen LogP contribution in [0.3, 0.4) is 0 Å². The van der Waals surface area contributed by atoms with Crippen molar-refractivity contribution in [1.82, 2.24) is 5.32 Å². The molecule has 0 atom stereocenters. The van der Waals surface area contributed by atoms with Crippen molar-refractivity contribution in [2.75, 3.05) is 12.0 Å². The van der Waals surface area contributed by atoms with Crippen molar-refractivity contribution in [2.24, 2.45) is 0 Å². The lowest BCUT2D eigenvalue weighted by atomic mass is 10.1. The smallest absolute Gasteiger partial charge is 0.337 e. The summed E-state index contributed by atoms with van der Waals surface area (Å²) < 4.78 is 11.4. The Labute approximate surface area is 222 Å². The number of rotatable bonds is 6. The molecule has 37 heavy (non-hydrogen) atoms. The van der Waals surface area contributed by atoms with Gasteiger partial charge in [0.25, 0.3) is 11.8 Å². The van der Waals surface area contributed by atoms with Gasteiger partial charge in [-0.3, -0.25) is 14.9 Å². The molecule has 0 radical (unpaired) electrons. The summed E-state index contributed by atoms with van der Waals surface area (Å²) in [6.07, 6.45) is 1.39. The third kappa shape index (κ3) is 5.62. The highest BCUT2D eigenvalue weighted by molar-refractivity contribution is 9.10. The predicted octanol–water partition coefficient (Wildman–Crippen LogP) is 5.10. The molecule has 1 saturated heterocycles. The Morgan fingerprint density at radius 1 is 0.973 bits per heavy atom. The number of nitrogens with one attached hydrogen (secondary N) is 1. The van der Waals surface area contributed by atoms with Crippen LogP contribution in [0.25, 0.3) is 6.08 Å². The first-order chi connectivity index (χ1) is 17.7. The molecule has 1 fully saturated rings. The Balaban J connectivity index is 1.64. The topological polar surface area (TPSA) is 102 Å². The third-order valence-corrected chi connectivity index (χ3v) is 6.38. The lowest BCUT2D eigenvalue weighted by Gasteiger charge is -2.26. The summed E-state index contributed by atoms with van der Waals surface area (Å²) in [5.74, 6) is -1.72. The average molecular weight is 563 g/mol. The first-order valence-corrected chi connectivity index (χ1v) is 12.1. The van der Waals surface area contributed by atoms with Crippen LogP contribution < -0.4 is 15.0 Å². The van der Waals surface area contributed by atoms with E-state index in [9.17, 15) is 19.2 Å². The van der Waals surface area contributed by atoms with Crippen LogP contribution in [0.5, 0.6) is 5.75 Å². The van der Waals surface area contributed by atoms with Gasteiger partial charge in [0.2, 0.25) is 0 Å². The normalized spacial score (nSPS) is 14.5. The highest BCUT2D eigenvalue weighted by atomic mass is 79.9. The molecule has 0 aromatic heterocycles. The molecule has 1 heterocycles. The predicted molar refractivity (Wildman–Crippen MR) is 141 cm³/mol. The average Bonchev–Trinajstić information content (AvgIpc) is 2.87. The molecule has 0 unspecified atom stereocenters. The number of ether oxygens (including phenoxy) is 2. The molecule has 0 bridgehead atoms. The minimum absolute atomic E-state index is 0.189. The van der Waals surface area contributed by atoms with Crippen molar-refractivity contribution in [3.05, 3.63) is 98.5 Å². The van der Waals surface area contributed by atoms with Gasteiger partial charge in [0.1, 0.15) is 17.9 Å². The molecule has 0 spiro atoms. The zero-order valence-corrected chi connectivity index (χ0v) is 21.9. The number of halogens is 1. The Hall–Kier alpha value is -4.24. The molecule has 188 valence electrons. The number of anilines is 1. The maximum Gasteiger partial charge on any atom is 0.337 e. The number of hydrogen-bond acceptors (Lipinski definition) is 6. The number of hydrogen-bond donors (Lipinski definition) is 1. The molecule has 0 aliphatic carbocycles. The zero-order valence-electron chi connectivity index (χ0n) is 20.3. The number of methoxy groups -OCH3 is 1. The third-order valence-electron chi connectivity index (χ3n) is 5.89. The molecule has 0 saturated carbocycles. The van der Waals surface area contributed by atoms with E-state index >= 15 is 0 Å². The molecular formula is C28H23BrN2O6. The summed E-state index contributed by atoms with van der Waals surface area (Å²) in [6, 6.07) is 16.1. The van der Waals surface area contributed by atoms with Gasteiger partial charge in [-0.25, -0.2) is 14.5 Å². The quantitative estimate of drug-likeness (QED) is 0.255. The molecule has 1 aliphatic heterocycles. The van der Waals surface area contributed by atoms with Gasteiger partial charge in [-0.05, 0) is 79.1 Å². The second-order valence-corrected chi connectivity index (χ2v) is 9.30. The molecule has 1 N–H and O–H groups in total. The van der Waals surface area contributed by atoms with Gasteiger partial charge in [0.05, 0.1) is 18.4 Å². The Kier molecular flexibility index (Phi) is 7.54. The largest absolute Gasteiger partial charge is 0.488 e. The van der Waals surface area contributed by atoms with Gasteiger partial charge >= 0.3 is 12.0 Å². The van der Waals surface area contributed by atoms with Crippen LogP contribution in [-0.4, -0.2) is 30.9 Å². The number of carbonyl (C=O) groups is 4. The standard InChI is InChI=1S/C28H23BrN2O6/c1-16-4-5-18(12-17(16)2)15-37-24-11-8-21(29)13-20(24)14-23-25(32)30-28(35)31(26(23)33)22-9-6-19(7-10-22)27(34)36-3/h4-14H,15H2,1-3H3,(H,30,32,35)/b23-14+. The van der Waals surface area contributed by atoms with Gasteiger partial charge in [-0.1, -0.05) is 34.1 Å². The van der Waals surface area contributed by atoms with Gasteiger partial charge in [-0.15, -0.1) is 0 Å². The summed E-state index contributed by atoms with van der Waals surface area (Å²) in [6.45, 7) is 4.35. The van der Waals surface area contributed by atoms with Crippen molar-refractivity contribution in [3.63, 3.8) is 0 Å². The lowest BCUT2D eigenvalue weighted by Crippen LogP contribution is -2.54. The van der Waals surface area contributed by atoms with Crippen molar-refractivity contribution >= 4 is 51.5 Å². The molecular weight excluding hydrogens is 540 g/mol. The second kappa shape index (κ2) is 10.8. The molecule has 4 rings (SSSR count). The van der Waals surface area contributed by atoms with E-state index in [4.69, 9.17) is 4.74 Å². The molecule has 3 aromatic rings. The number of amides is 4. The summed E-state index contributed by atoms with van der Waals surface area (Å²) in [4.78, 5) is 51.1. The van der Waals surface area contributed by atoms with Gasteiger partial charge in [-0.2, -0.15) is 0 Å². The number of benzene rings is 3. The Bertz CT molecular complexity index is 1450. The van der Waals surface area contributed by atoms with Crippen LogP contribution in [0.15, 0.2) is 70.7 Å². The molecule has 4 amide bonds. The van der Waals surface area contributed by atoms with Crippen LogP contribution in [0.1, 0.15) is 32.6 Å². The molecule has 9 heteroatoms. The van der Waals surface area contributed by atoms with E-state index < -0.39 is 23.8 Å². The first kappa shape index (κ1) is 25.8. The monoisotopic (exact) mass is 562 g/mol. The fourth-order valence-electron chi connectivity index (χ4n) is 3.73. The van der Waals surface area contributed by atoms with E-state index in [1.165, 1.54) is 43.0 Å². The number of esters is 1. The molecule has 8 nitrogen and oxygen atoms in total. The Morgan fingerprint density at radius 2 is 1.70 bits per heavy atom. The number of urea groups is 1. The summed E-state index contributed by atoms with van der Waals surface area (Å²) in [5, 5.41) is 2.20. The summed E-state index contributed by atoms with van der Waals surface area (Å²) in [5.41, 5.74) is 3.98. The fourth-order valence-corrected chi connectivity index (χ4v) is 4.11. The van der Waals surface area contributed by atoms with E-state index in [0.29, 0.717) is 15.8 Å². The van der Waals surface area contributed by atoms with Crippen LogP contribution in [0, 0.1) is 13.8 Å². The number of nitrogens with zero attached hydrogens (tertiary/aromatic N) is 1. The molecule has 3 aromatic carbocycles. The van der Waals surface area contributed by atoms with Crippen molar-refractivity contribution < 1.29 is 28.7 Å².